The van der Waals surface area contributed by atoms with Crippen LogP contribution in [-0.4, -0.2) is 29.8 Å². The van der Waals surface area contributed by atoms with Crippen LogP contribution in [0.1, 0.15) is 27.7 Å². The van der Waals surface area contributed by atoms with E-state index in [1.54, 1.807) is 7.11 Å². The van der Waals surface area contributed by atoms with Crippen molar-refractivity contribution in [3.05, 3.63) is 12.0 Å². The quantitative estimate of drug-likeness (QED) is 0.455. The molecule has 0 radical (unpaired) electrons. The van der Waals surface area contributed by atoms with Gasteiger partial charge in [0.05, 0.1) is 13.2 Å². The zero-order chi connectivity index (χ0) is 15.1. The van der Waals surface area contributed by atoms with Crippen molar-refractivity contribution in [1.82, 2.24) is 0 Å². The molecule has 114 valence electrons. The average molecular weight is 305 g/mol. The van der Waals surface area contributed by atoms with Gasteiger partial charge in [0.25, 0.3) is 5.95 Å². The average Bonchev–Trinajstić information content (AvgIpc) is 2.33. The van der Waals surface area contributed by atoms with E-state index in [-0.39, 0.29) is 6.10 Å². The van der Waals surface area contributed by atoms with E-state index in [1.165, 1.54) is 0 Å². The monoisotopic (exact) mass is 304 g/mol. The highest BCUT2D eigenvalue weighted by Gasteiger charge is 2.30. The molecule has 0 aromatic rings. The van der Waals surface area contributed by atoms with E-state index in [2.05, 4.69) is 47.3 Å². The first kappa shape index (κ1) is 18.7. The van der Waals surface area contributed by atoms with E-state index in [0.29, 0.717) is 5.95 Å². The Hall–Kier alpha value is -0.266. The van der Waals surface area contributed by atoms with Gasteiger partial charge in [0.2, 0.25) is 8.32 Å². The lowest BCUT2D eigenvalue weighted by atomic mass is 10.4. The van der Waals surface area contributed by atoms with Gasteiger partial charge < -0.3 is 13.6 Å². The Morgan fingerprint density at radius 1 is 1.05 bits per heavy atom. The molecule has 19 heavy (non-hydrogen) atoms. The van der Waals surface area contributed by atoms with E-state index in [1.807, 2.05) is 6.08 Å². The molecule has 0 aromatic heterocycles. The van der Waals surface area contributed by atoms with Crippen molar-refractivity contribution in [2.24, 2.45) is 0 Å². The number of ether oxygens (including phenoxy) is 1. The van der Waals surface area contributed by atoms with Crippen LogP contribution in [0.3, 0.4) is 0 Å². The maximum atomic E-state index is 6.35. The van der Waals surface area contributed by atoms with E-state index in [0.717, 1.165) is 18.1 Å². The Bertz CT molecular complexity index is 273. The lowest BCUT2D eigenvalue weighted by Crippen LogP contribution is -2.38. The molecule has 0 amide bonds. The molecule has 0 rings (SSSR count). The van der Waals surface area contributed by atoms with E-state index >= 15 is 0 Å². The molecular formula is C14H32O3Si2. The second-order valence-electron chi connectivity index (χ2n) is 5.97. The Labute approximate surface area is 121 Å². The summed E-state index contributed by atoms with van der Waals surface area (Å²) in [7, 11) is -1.54. The first-order valence-corrected chi connectivity index (χ1v) is 13.3. The predicted molar refractivity (Wildman–Crippen MR) is 87.3 cm³/mol. The zero-order valence-corrected chi connectivity index (χ0v) is 16.0. The number of rotatable bonds is 9. The third-order valence-electron chi connectivity index (χ3n) is 3.35. The van der Waals surface area contributed by atoms with Crippen molar-refractivity contribution >= 4 is 16.6 Å². The summed E-state index contributed by atoms with van der Waals surface area (Å²) in [4.78, 5) is 0. The van der Waals surface area contributed by atoms with Crippen LogP contribution in [0.25, 0.3) is 0 Å². The van der Waals surface area contributed by atoms with Crippen LogP contribution in [0, 0.1) is 0 Å². The Morgan fingerprint density at radius 2 is 1.53 bits per heavy atom. The van der Waals surface area contributed by atoms with Gasteiger partial charge in [-0.3, -0.25) is 0 Å². The highest BCUT2D eigenvalue weighted by molar-refractivity contribution is 6.73. The standard InChI is InChI=1S/C14H32O3Si2/c1-9-19(10-2,11-3)16-13(4)12-14(15-5)17-18(6,7)8/h12-13H,9-11H2,1-8H3/b14-12+/t13-/m1/s1. The third-order valence-corrected chi connectivity index (χ3v) is 8.90. The maximum Gasteiger partial charge on any atom is 0.263 e. The van der Waals surface area contributed by atoms with Crippen molar-refractivity contribution in [1.29, 1.82) is 0 Å². The van der Waals surface area contributed by atoms with Gasteiger partial charge >= 0.3 is 0 Å². The molecule has 0 aromatic carbocycles. The molecule has 0 heterocycles. The normalized spacial score (nSPS) is 15.3. The molecule has 0 bridgehead atoms. The molecule has 5 heteroatoms. The fourth-order valence-electron chi connectivity index (χ4n) is 2.07. The van der Waals surface area contributed by atoms with Gasteiger partial charge in [-0.1, -0.05) is 20.8 Å². The number of hydrogen-bond acceptors (Lipinski definition) is 3. The smallest absolute Gasteiger partial charge is 0.263 e. The van der Waals surface area contributed by atoms with Crippen LogP contribution in [0.4, 0.5) is 0 Å². The number of methoxy groups -OCH3 is 1. The Morgan fingerprint density at radius 3 is 1.84 bits per heavy atom. The van der Waals surface area contributed by atoms with E-state index in [4.69, 9.17) is 13.6 Å². The highest BCUT2D eigenvalue weighted by Crippen LogP contribution is 2.24. The van der Waals surface area contributed by atoms with Crippen LogP contribution >= 0.6 is 0 Å². The van der Waals surface area contributed by atoms with Crippen LogP contribution in [0.2, 0.25) is 37.8 Å². The first-order chi connectivity index (χ1) is 8.71. The molecule has 0 aliphatic heterocycles. The molecule has 0 fully saturated rings. The molecule has 0 spiro atoms. The van der Waals surface area contributed by atoms with E-state index in [9.17, 15) is 0 Å². The predicted octanol–water partition coefficient (Wildman–Crippen LogP) is 4.74. The number of hydrogen-bond donors (Lipinski definition) is 0. The Kier molecular flexibility index (Phi) is 8.00. The van der Waals surface area contributed by atoms with Gasteiger partial charge in [0, 0.05) is 6.08 Å². The molecule has 0 saturated carbocycles. The molecule has 3 nitrogen and oxygen atoms in total. The topological polar surface area (TPSA) is 27.7 Å². The SMILES string of the molecule is CC[Si](CC)(CC)O[C@H](C)/C=C(\OC)O[Si](C)(C)C. The molecule has 0 N–H and O–H groups in total. The van der Waals surface area contributed by atoms with Gasteiger partial charge in [-0.05, 0) is 44.7 Å². The summed E-state index contributed by atoms with van der Waals surface area (Å²) in [6.07, 6.45) is 2.03. The maximum absolute atomic E-state index is 6.35. The molecular weight excluding hydrogens is 272 g/mol. The van der Waals surface area contributed by atoms with E-state index < -0.39 is 16.6 Å². The lowest BCUT2D eigenvalue weighted by molar-refractivity contribution is 0.136. The second kappa shape index (κ2) is 8.12. The van der Waals surface area contributed by atoms with Gasteiger partial charge in [-0.2, -0.15) is 0 Å². The molecule has 0 aliphatic rings. The van der Waals surface area contributed by atoms with Crippen LogP contribution < -0.4 is 0 Å². The molecule has 1 atom stereocenters. The molecule has 0 unspecified atom stereocenters. The summed E-state index contributed by atoms with van der Waals surface area (Å²) in [5.41, 5.74) is 0. The summed E-state index contributed by atoms with van der Waals surface area (Å²) >= 11 is 0. The largest absolute Gasteiger partial charge is 0.520 e. The van der Waals surface area contributed by atoms with Crippen molar-refractivity contribution < 1.29 is 13.6 Å². The molecule has 0 saturated heterocycles. The summed E-state index contributed by atoms with van der Waals surface area (Å²) in [5.74, 6) is 0.609. The summed E-state index contributed by atoms with van der Waals surface area (Å²) in [6.45, 7) is 15.2. The van der Waals surface area contributed by atoms with Crippen molar-refractivity contribution in [2.75, 3.05) is 7.11 Å². The van der Waals surface area contributed by atoms with Gasteiger partial charge in [-0.25, -0.2) is 0 Å². The lowest BCUT2D eigenvalue weighted by Gasteiger charge is -2.31. The van der Waals surface area contributed by atoms with Crippen LogP contribution in [0.5, 0.6) is 0 Å². The van der Waals surface area contributed by atoms with Gasteiger partial charge in [-0.15, -0.1) is 0 Å². The van der Waals surface area contributed by atoms with Gasteiger partial charge in [0.1, 0.15) is 0 Å². The summed E-state index contributed by atoms with van der Waals surface area (Å²) < 4.78 is 17.6. The first-order valence-electron chi connectivity index (χ1n) is 7.34. The highest BCUT2D eigenvalue weighted by atomic mass is 28.4. The fraction of sp³-hybridized carbons (Fsp3) is 0.857. The fourth-order valence-corrected chi connectivity index (χ4v) is 5.68. The Balaban J connectivity index is 4.76. The van der Waals surface area contributed by atoms with Crippen LogP contribution in [-0.2, 0) is 13.6 Å². The second-order valence-corrected chi connectivity index (χ2v) is 15.1. The molecule has 0 aliphatic carbocycles. The minimum absolute atomic E-state index is 0.0535. The third kappa shape index (κ3) is 7.18. The van der Waals surface area contributed by atoms with Gasteiger partial charge in [0.15, 0.2) is 8.32 Å². The minimum atomic E-state index is -1.63. The van der Waals surface area contributed by atoms with Crippen molar-refractivity contribution in [2.45, 2.75) is 71.6 Å². The zero-order valence-electron chi connectivity index (χ0n) is 14.0. The van der Waals surface area contributed by atoms with Crippen LogP contribution in [0.15, 0.2) is 12.0 Å². The summed E-state index contributed by atoms with van der Waals surface area (Å²) in [6, 6.07) is 3.49. The van der Waals surface area contributed by atoms with Crippen molar-refractivity contribution in [3.8, 4) is 0 Å². The summed E-state index contributed by atoms with van der Waals surface area (Å²) in [5, 5.41) is 0. The van der Waals surface area contributed by atoms with Crippen molar-refractivity contribution in [3.63, 3.8) is 0 Å². The minimum Gasteiger partial charge on any atom is -0.520 e.